The minimum absolute atomic E-state index is 0.114. The third-order valence-corrected chi connectivity index (χ3v) is 9.96. The van der Waals surface area contributed by atoms with Crippen LogP contribution in [0.3, 0.4) is 0 Å². The number of carbonyl (C=O) groups is 8. The van der Waals surface area contributed by atoms with Crippen molar-refractivity contribution in [2.45, 2.75) is 77.7 Å². The summed E-state index contributed by atoms with van der Waals surface area (Å²) in [6.45, 7) is 17.4. The Balaban J connectivity index is 0.000000244. The van der Waals surface area contributed by atoms with E-state index in [4.69, 9.17) is 25.5 Å². The summed E-state index contributed by atoms with van der Waals surface area (Å²) in [4.78, 5) is 105. The number of carbonyl (C=O) groups excluding carboxylic acids is 8. The van der Waals surface area contributed by atoms with Crippen molar-refractivity contribution in [1.29, 1.82) is 0 Å². The first-order valence-electron chi connectivity index (χ1n) is 19.9. The molecule has 2 N–H and O–H groups in total. The molecule has 18 heteroatoms. The Morgan fingerprint density at radius 3 is 1.32 bits per heavy atom. The van der Waals surface area contributed by atoms with Crippen LogP contribution >= 0.6 is 15.9 Å². The number of hydrogen-bond donors (Lipinski definition) is 2. The summed E-state index contributed by atoms with van der Waals surface area (Å²) in [6.07, 6.45) is -1.23. The van der Waals surface area contributed by atoms with Crippen LogP contribution in [0.2, 0.25) is 0 Å². The van der Waals surface area contributed by atoms with E-state index in [1.165, 1.54) is 32.4 Å². The maximum atomic E-state index is 12.8. The van der Waals surface area contributed by atoms with E-state index in [9.17, 15) is 38.4 Å². The van der Waals surface area contributed by atoms with Gasteiger partial charge in [0.2, 0.25) is 0 Å². The smallest absolute Gasteiger partial charge is 0.408 e. The lowest BCUT2D eigenvalue weighted by atomic mass is 10.1. The van der Waals surface area contributed by atoms with Crippen molar-refractivity contribution < 1.29 is 57.3 Å². The van der Waals surface area contributed by atoms with Crippen LogP contribution in [-0.4, -0.2) is 85.3 Å². The van der Waals surface area contributed by atoms with Crippen molar-refractivity contribution in [3.8, 4) is 0 Å². The van der Waals surface area contributed by atoms with E-state index >= 15 is 0 Å². The normalized spacial score (nSPS) is 13.9. The number of ether oxygens (including phenoxy) is 4. The number of nitrogens with one attached hydrogen (secondary N) is 2. The number of nitrogens with zero attached hydrogens (tertiary/aromatic N) is 3. The largest absolute Gasteiger partial charge is 0.467 e. The van der Waals surface area contributed by atoms with Gasteiger partial charge < -0.3 is 29.6 Å². The summed E-state index contributed by atoms with van der Waals surface area (Å²) in [5.74, 6) is -3.04. The monoisotopic (exact) mass is 951 g/mol. The molecule has 0 aliphatic carbocycles. The van der Waals surface area contributed by atoms with Gasteiger partial charge in [0, 0.05) is 22.9 Å². The van der Waals surface area contributed by atoms with E-state index in [1.807, 2.05) is 0 Å². The molecule has 0 spiro atoms. The minimum atomic E-state index is -0.984. The van der Waals surface area contributed by atoms with Gasteiger partial charge in [0.05, 0.1) is 48.9 Å². The number of alkyl carbamates (subject to hydrolysis) is 2. The first-order valence-corrected chi connectivity index (χ1v) is 20.7. The van der Waals surface area contributed by atoms with Gasteiger partial charge in [0.15, 0.2) is 5.69 Å². The maximum absolute atomic E-state index is 12.8. The van der Waals surface area contributed by atoms with Crippen molar-refractivity contribution in [2.24, 2.45) is 0 Å². The topological polar surface area (TPSA) is 208 Å². The quantitative estimate of drug-likeness (QED) is 0.0686. The Kier molecular flexibility index (Phi) is 14.9. The molecule has 4 aromatic rings. The number of halogens is 1. The predicted octanol–water partition coefficient (Wildman–Crippen LogP) is 7.51. The highest BCUT2D eigenvalue weighted by atomic mass is 79.9. The lowest BCUT2D eigenvalue weighted by Crippen LogP contribution is -2.45. The Bertz CT molecular complexity index is 2590. The average molecular weight is 953 g/mol. The Labute approximate surface area is 383 Å². The molecule has 6 rings (SSSR count). The zero-order valence-corrected chi connectivity index (χ0v) is 38.4. The molecule has 2 heterocycles. The van der Waals surface area contributed by atoms with Crippen molar-refractivity contribution in [3.05, 3.63) is 134 Å². The second-order valence-corrected chi connectivity index (χ2v) is 17.5. The van der Waals surface area contributed by atoms with Crippen LogP contribution < -0.4 is 20.4 Å². The van der Waals surface area contributed by atoms with Gasteiger partial charge >= 0.3 is 24.1 Å². The van der Waals surface area contributed by atoms with Gasteiger partial charge in [-0.1, -0.05) is 52.3 Å². The van der Waals surface area contributed by atoms with E-state index in [-0.39, 0.29) is 29.7 Å². The number of benzene rings is 4. The van der Waals surface area contributed by atoms with Crippen molar-refractivity contribution in [1.82, 2.24) is 10.6 Å². The fourth-order valence-corrected chi connectivity index (χ4v) is 6.95. The van der Waals surface area contributed by atoms with Gasteiger partial charge in [-0.05, 0) is 101 Å². The highest BCUT2D eigenvalue weighted by Crippen LogP contribution is 2.32. The number of amides is 6. The van der Waals surface area contributed by atoms with E-state index in [2.05, 4.69) is 31.4 Å². The molecule has 338 valence electrons. The lowest BCUT2D eigenvalue weighted by molar-refractivity contribution is -0.143. The fraction of sp³-hybridized carbons (Fsp3) is 0.298. The van der Waals surface area contributed by atoms with Gasteiger partial charge in [-0.2, -0.15) is 0 Å². The van der Waals surface area contributed by atoms with Crippen LogP contribution in [0.25, 0.3) is 4.85 Å². The van der Waals surface area contributed by atoms with Gasteiger partial charge in [0.25, 0.3) is 23.6 Å². The molecule has 0 aromatic heterocycles. The molecule has 0 saturated carbocycles. The number of anilines is 2. The molecule has 65 heavy (non-hydrogen) atoms. The molecule has 17 nitrogen and oxygen atoms in total. The van der Waals surface area contributed by atoms with Crippen LogP contribution in [0.1, 0.15) is 94.1 Å². The molecule has 2 unspecified atom stereocenters. The number of fused-ring (bicyclic) bond motifs is 2. The molecule has 6 amide bonds. The van der Waals surface area contributed by atoms with Crippen LogP contribution in [0.15, 0.2) is 89.4 Å². The number of imide groups is 2. The highest BCUT2D eigenvalue weighted by molar-refractivity contribution is 9.10. The van der Waals surface area contributed by atoms with Crippen LogP contribution in [-0.2, 0) is 41.4 Å². The van der Waals surface area contributed by atoms with Crippen molar-refractivity contribution >= 4 is 80.7 Å². The number of methoxy groups -OCH3 is 2. The third-order valence-electron chi connectivity index (χ3n) is 9.47. The molecular formula is C47H46BrN5O12. The van der Waals surface area contributed by atoms with E-state index in [0.29, 0.717) is 38.1 Å². The molecule has 0 saturated heterocycles. The summed E-state index contributed by atoms with van der Waals surface area (Å²) >= 11 is 3.31. The lowest BCUT2D eigenvalue weighted by Gasteiger charge is -2.22. The second-order valence-electron chi connectivity index (χ2n) is 16.6. The van der Waals surface area contributed by atoms with Crippen molar-refractivity contribution in [3.63, 3.8) is 0 Å². The van der Waals surface area contributed by atoms with Gasteiger partial charge in [-0.3, -0.25) is 19.2 Å². The standard InChI is InChI=1S/C24H23N3O6.C23H23BrN2O6/c1-24(2,3)33-23(31)26-19(22(30)32-5)12-14-6-9-16(10-7-14)27-20(28)17-11-8-15(25-4)13-18(17)21(27)29;1-23(2,3)32-22(30)25-18(21(29)31-4)11-13-5-8-15(9-6-13)26-19(27)16-10-7-14(24)12-17(16)20(26)28/h6-11,13,19H,12H2,1-3,5H3,(H,26,31);5-10,12,18H,11H2,1-4H3,(H,25,30). The average Bonchev–Trinajstić information content (AvgIpc) is 3.64. The van der Waals surface area contributed by atoms with Crippen LogP contribution in [0, 0.1) is 6.57 Å². The number of hydrogen-bond acceptors (Lipinski definition) is 12. The molecule has 4 aromatic carbocycles. The van der Waals surface area contributed by atoms with Crippen LogP contribution in [0.4, 0.5) is 26.7 Å². The van der Waals surface area contributed by atoms with Gasteiger partial charge in [0.1, 0.15) is 23.3 Å². The summed E-state index contributed by atoms with van der Waals surface area (Å²) in [5.41, 5.74) is 2.05. The zero-order chi connectivity index (χ0) is 48.0. The van der Waals surface area contributed by atoms with Gasteiger partial charge in [-0.25, -0.2) is 33.8 Å². The molecule has 0 radical (unpaired) electrons. The van der Waals surface area contributed by atoms with E-state index in [1.54, 1.807) is 108 Å². The highest BCUT2D eigenvalue weighted by Gasteiger charge is 2.38. The zero-order valence-electron chi connectivity index (χ0n) is 36.8. The van der Waals surface area contributed by atoms with Crippen LogP contribution in [0.5, 0.6) is 0 Å². The molecule has 2 aliphatic rings. The SMILES string of the molecule is COC(=O)C(Cc1ccc(N2C(=O)c3ccc(Br)cc3C2=O)cc1)NC(=O)OC(C)(C)C.[C-]#[N+]c1ccc2c(c1)C(=O)N(c1ccc(CC(NC(=O)OC(C)(C)C)C(=O)OC)cc1)C2=O. The van der Waals surface area contributed by atoms with E-state index < -0.39 is 71.0 Å². The predicted molar refractivity (Wildman–Crippen MR) is 240 cm³/mol. The second kappa shape index (κ2) is 20.0. The number of rotatable bonds is 10. The molecule has 0 bridgehead atoms. The van der Waals surface area contributed by atoms with Gasteiger partial charge in [-0.15, -0.1) is 0 Å². The Hall–Kier alpha value is -7.39. The first kappa shape index (κ1) is 48.6. The summed E-state index contributed by atoms with van der Waals surface area (Å²) in [5, 5.41) is 5.02. The summed E-state index contributed by atoms with van der Waals surface area (Å²) < 4.78 is 20.7. The molecule has 0 fully saturated rings. The van der Waals surface area contributed by atoms with Crippen molar-refractivity contribution in [2.75, 3.05) is 24.0 Å². The number of esters is 2. The maximum Gasteiger partial charge on any atom is 0.408 e. The third kappa shape index (κ3) is 12.0. The first-order chi connectivity index (χ1) is 30.5. The van der Waals surface area contributed by atoms with E-state index in [0.717, 1.165) is 9.80 Å². The molecule has 2 aliphatic heterocycles. The summed E-state index contributed by atoms with van der Waals surface area (Å²) in [6, 6.07) is 20.4. The fourth-order valence-electron chi connectivity index (χ4n) is 6.58. The molecular weight excluding hydrogens is 906 g/mol. The minimum Gasteiger partial charge on any atom is -0.467 e. The summed E-state index contributed by atoms with van der Waals surface area (Å²) in [7, 11) is 2.45. The Morgan fingerprint density at radius 1 is 0.585 bits per heavy atom. The molecule has 2 atom stereocenters. The Morgan fingerprint density at radius 2 is 0.954 bits per heavy atom.